The summed E-state index contributed by atoms with van der Waals surface area (Å²) in [5, 5.41) is 3.09. The number of amides is 1. The highest BCUT2D eigenvalue weighted by Crippen LogP contribution is 2.27. The number of nitrogens with zero attached hydrogens (tertiary/aromatic N) is 2. The molecule has 25 heavy (non-hydrogen) atoms. The minimum absolute atomic E-state index is 0.0845. The van der Waals surface area contributed by atoms with E-state index in [1.54, 1.807) is 0 Å². The third kappa shape index (κ3) is 4.91. The third-order valence-electron chi connectivity index (χ3n) is 4.85. The molecule has 4 heteroatoms. The van der Waals surface area contributed by atoms with Gasteiger partial charge in [0, 0.05) is 50.4 Å². The fourth-order valence-electron chi connectivity index (χ4n) is 3.26. The highest BCUT2D eigenvalue weighted by Gasteiger charge is 2.16. The van der Waals surface area contributed by atoms with Crippen LogP contribution in [-0.4, -0.2) is 55.0 Å². The molecule has 1 heterocycles. The Balaban J connectivity index is 1.55. The van der Waals surface area contributed by atoms with Crippen LogP contribution in [0.4, 0.5) is 5.69 Å². The van der Waals surface area contributed by atoms with Crippen molar-refractivity contribution in [2.24, 2.45) is 0 Å². The molecule has 2 aromatic carbocycles. The maximum absolute atomic E-state index is 12.4. The number of carbonyl (C=O) groups is 1. The zero-order chi connectivity index (χ0) is 17.5. The van der Waals surface area contributed by atoms with Crippen molar-refractivity contribution >= 4 is 11.6 Å². The zero-order valence-electron chi connectivity index (χ0n) is 14.9. The van der Waals surface area contributed by atoms with E-state index in [0.717, 1.165) is 56.1 Å². The van der Waals surface area contributed by atoms with Crippen LogP contribution >= 0.6 is 0 Å². The molecule has 1 aliphatic heterocycles. The van der Waals surface area contributed by atoms with Gasteiger partial charge >= 0.3 is 0 Å². The molecule has 0 aromatic heterocycles. The van der Waals surface area contributed by atoms with Crippen LogP contribution < -0.4 is 5.32 Å². The lowest BCUT2D eigenvalue weighted by molar-refractivity contribution is -0.116. The van der Waals surface area contributed by atoms with Crippen molar-refractivity contribution in [1.82, 2.24) is 9.80 Å². The summed E-state index contributed by atoms with van der Waals surface area (Å²) in [6.07, 6.45) is 0.537. The lowest BCUT2D eigenvalue weighted by atomic mass is 10.0. The van der Waals surface area contributed by atoms with Gasteiger partial charge in [0.2, 0.25) is 5.91 Å². The van der Waals surface area contributed by atoms with E-state index in [9.17, 15) is 4.79 Å². The molecule has 0 spiro atoms. The summed E-state index contributed by atoms with van der Waals surface area (Å²) >= 11 is 0. The van der Waals surface area contributed by atoms with Gasteiger partial charge in [0.25, 0.3) is 0 Å². The second-order valence-corrected chi connectivity index (χ2v) is 6.49. The molecule has 0 aliphatic carbocycles. The molecule has 0 radical (unpaired) electrons. The van der Waals surface area contributed by atoms with Gasteiger partial charge in [-0.1, -0.05) is 55.5 Å². The smallest absolute Gasteiger partial charge is 0.225 e. The molecule has 132 valence electrons. The van der Waals surface area contributed by atoms with Crippen LogP contribution in [0.15, 0.2) is 54.6 Å². The fourth-order valence-corrected chi connectivity index (χ4v) is 3.26. The van der Waals surface area contributed by atoms with Gasteiger partial charge in [-0.25, -0.2) is 0 Å². The van der Waals surface area contributed by atoms with E-state index in [4.69, 9.17) is 0 Å². The Labute approximate surface area is 150 Å². The molecule has 1 amide bonds. The molecular formula is C21H27N3O. The molecular weight excluding hydrogens is 310 g/mol. The molecule has 4 nitrogen and oxygen atoms in total. The molecule has 0 saturated carbocycles. The predicted octanol–water partition coefficient (Wildman–Crippen LogP) is 3.32. The van der Waals surface area contributed by atoms with Gasteiger partial charge < -0.3 is 15.1 Å². The Morgan fingerprint density at radius 3 is 2.28 bits per heavy atom. The molecule has 0 bridgehead atoms. The first-order chi connectivity index (χ1) is 12.3. The van der Waals surface area contributed by atoms with Crippen molar-refractivity contribution < 1.29 is 4.79 Å². The quantitative estimate of drug-likeness (QED) is 0.878. The first-order valence-corrected chi connectivity index (χ1v) is 9.15. The van der Waals surface area contributed by atoms with Crippen LogP contribution in [0.5, 0.6) is 0 Å². The molecule has 0 atom stereocenters. The number of rotatable bonds is 6. The normalized spacial score (nSPS) is 15.9. The molecule has 3 rings (SSSR count). The van der Waals surface area contributed by atoms with Crippen LogP contribution in [0.2, 0.25) is 0 Å². The lowest BCUT2D eigenvalue weighted by Crippen LogP contribution is -2.46. The SMILES string of the molecule is CCN1CCN(CCC(=O)Nc2ccccc2-c2ccccc2)CC1. The number of piperazine rings is 1. The number of para-hydroxylation sites is 1. The van der Waals surface area contributed by atoms with E-state index in [2.05, 4.69) is 40.2 Å². The minimum Gasteiger partial charge on any atom is -0.325 e. The second kappa shape index (κ2) is 8.79. The maximum Gasteiger partial charge on any atom is 0.225 e. The number of benzene rings is 2. The topological polar surface area (TPSA) is 35.6 Å². The average Bonchev–Trinajstić information content (AvgIpc) is 2.68. The molecule has 1 saturated heterocycles. The molecule has 1 aliphatic rings. The number of likely N-dealkylation sites (N-methyl/N-ethyl adjacent to an activating group) is 1. The van der Waals surface area contributed by atoms with E-state index in [-0.39, 0.29) is 5.91 Å². The van der Waals surface area contributed by atoms with E-state index in [0.29, 0.717) is 6.42 Å². The van der Waals surface area contributed by atoms with Crippen molar-refractivity contribution in [2.45, 2.75) is 13.3 Å². The Hall–Kier alpha value is -2.17. The first kappa shape index (κ1) is 17.6. The maximum atomic E-state index is 12.4. The summed E-state index contributed by atoms with van der Waals surface area (Å²) in [6.45, 7) is 8.47. The number of nitrogens with one attached hydrogen (secondary N) is 1. The van der Waals surface area contributed by atoms with Crippen molar-refractivity contribution in [3.05, 3.63) is 54.6 Å². The number of hydrogen-bond acceptors (Lipinski definition) is 3. The molecule has 2 aromatic rings. The average molecular weight is 337 g/mol. The minimum atomic E-state index is 0.0845. The van der Waals surface area contributed by atoms with E-state index >= 15 is 0 Å². The Morgan fingerprint density at radius 2 is 1.56 bits per heavy atom. The lowest BCUT2D eigenvalue weighted by Gasteiger charge is -2.33. The number of carbonyl (C=O) groups excluding carboxylic acids is 1. The van der Waals surface area contributed by atoms with Gasteiger partial charge in [0.1, 0.15) is 0 Å². The zero-order valence-corrected chi connectivity index (χ0v) is 14.9. The Morgan fingerprint density at radius 1 is 0.920 bits per heavy atom. The summed E-state index contributed by atoms with van der Waals surface area (Å²) < 4.78 is 0. The van der Waals surface area contributed by atoms with Crippen molar-refractivity contribution in [2.75, 3.05) is 44.6 Å². The first-order valence-electron chi connectivity index (χ1n) is 9.15. The van der Waals surface area contributed by atoms with Crippen molar-refractivity contribution in [1.29, 1.82) is 0 Å². The predicted molar refractivity (Wildman–Crippen MR) is 104 cm³/mol. The van der Waals surface area contributed by atoms with Crippen LogP contribution in [0.25, 0.3) is 11.1 Å². The van der Waals surface area contributed by atoms with E-state index in [1.165, 1.54) is 0 Å². The van der Waals surface area contributed by atoms with Gasteiger partial charge in [-0.2, -0.15) is 0 Å². The Kier molecular flexibility index (Phi) is 6.20. The largest absolute Gasteiger partial charge is 0.325 e. The molecule has 0 unspecified atom stereocenters. The third-order valence-corrected chi connectivity index (χ3v) is 4.85. The molecule has 1 N–H and O–H groups in total. The summed E-state index contributed by atoms with van der Waals surface area (Å²) in [7, 11) is 0. The van der Waals surface area contributed by atoms with Gasteiger partial charge in [-0.15, -0.1) is 0 Å². The van der Waals surface area contributed by atoms with Crippen LogP contribution in [0, 0.1) is 0 Å². The van der Waals surface area contributed by atoms with Crippen LogP contribution in [0.1, 0.15) is 13.3 Å². The van der Waals surface area contributed by atoms with Crippen molar-refractivity contribution in [3.8, 4) is 11.1 Å². The highest BCUT2D eigenvalue weighted by molar-refractivity contribution is 5.95. The standard InChI is InChI=1S/C21H27N3O/c1-2-23-14-16-24(17-15-23)13-12-21(25)22-20-11-7-6-10-19(20)18-8-4-3-5-9-18/h3-11H,2,12-17H2,1H3,(H,22,25). The summed E-state index contributed by atoms with van der Waals surface area (Å²) in [5.74, 6) is 0.0845. The van der Waals surface area contributed by atoms with Gasteiger partial charge in [-0.3, -0.25) is 4.79 Å². The summed E-state index contributed by atoms with van der Waals surface area (Å²) in [4.78, 5) is 17.2. The van der Waals surface area contributed by atoms with Gasteiger partial charge in [-0.05, 0) is 18.2 Å². The highest BCUT2D eigenvalue weighted by atomic mass is 16.1. The van der Waals surface area contributed by atoms with Crippen molar-refractivity contribution in [3.63, 3.8) is 0 Å². The van der Waals surface area contributed by atoms with Gasteiger partial charge in [0.15, 0.2) is 0 Å². The summed E-state index contributed by atoms with van der Waals surface area (Å²) in [5.41, 5.74) is 3.07. The number of hydrogen-bond donors (Lipinski definition) is 1. The monoisotopic (exact) mass is 337 g/mol. The molecule has 1 fully saturated rings. The van der Waals surface area contributed by atoms with E-state index in [1.807, 2.05) is 36.4 Å². The van der Waals surface area contributed by atoms with Gasteiger partial charge in [0.05, 0.1) is 0 Å². The number of anilines is 1. The van der Waals surface area contributed by atoms with Crippen LogP contribution in [0.3, 0.4) is 0 Å². The van der Waals surface area contributed by atoms with Crippen LogP contribution in [-0.2, 0) is 4.79 Å². The second-order valence-electron chi connectivity index (χ2n) is 6.49. The Bertz CT molecular complexity index is 679. The summed E-state index contributed by atoms with van der Waals surface area (Å²) in [6, 6.07) is 18.2. The fraction of sp³-hybridized carbons (Fsp3) is 0.381. The van der Waals surface area contributed by atoms with E-state index < -0.39 is 0 Å².